The molecule has 0 bridgehead atoms. The van der Waals surface area contributed by atoms with Gasteiger partial charge in [0, 0.05) is 18.0 Å². The molecule has 4 rings (SSSR count). The van der Waals surface area contributed by atoms with Crippen molar-refractivity contribution in [1.29, 1.82) is 0 Å². The van der Waals surface area contributed by atoms with E-state index >= 15 is 0 Å². The van der Waals surface area contributed by atoms with Gasteiger partial charge in [0.25, 0.3) is 0 Å². The van der Waals surface area contributed by atoms with Gasteiger partial charge in [0.15, 0.2) is 0 Å². The van der Waals surface area contributed by atoms with Crippen molar-refractivity contribution < 1.29 is 18.4 Å². The Hall–Kier alpha value is -4.13. The SMILES string of the molecule is CC(C)N(CC(=O)N(Cc1ccc(F)cc1)Cc1ccco1)C(=O)Nc1cccc2ccccc12. The fraction of sp³-hybridized carbons (Fsp3) is 0.214. The summed E-state index contributed by atoms with van der Waals surface area (Å²) < 4.78 is 18.8. The van der Waals surface area contributed by atoms with Crippen LogP contribution >= 0.6 is 0 Å². The van der Waals surface area contributed by atoms with Crippen LogP contribution in [0.15, 0.2) is 89.5 Å². The predicted octanol–water partition coefficient (Wildman–Crippen LogP) is 6.04. The highest BCUT2D eigenvalue weighted by Gasteiger charge is 2.25. The van der Waals surface area contributed by atoms with E-state index in [1.807, 2.05) is 56.3 Å². The molecule has 0 saturated heterocycles. The fourth-order valence-corrected chi connectivity index (χ4v) is 3.89. The van der Waals surface area contributed by atoms with Crippen molar-refractivity contribution in [2.24, 2.45) is 0 Å². The second kappa shape index (κ2) is 10.9. The van der Waals surface area contributed by atoms with Gasteiger partial charge in [-0.3, -0.25) is 4.79 Å². The normalized spacial score (nSPS) is 11.0. The van der Waals surface area contributed by atoms with Crippen LogP contribution in [0, 0.1) is 5.82 Å². The smallest absolute Gasteiger partial charge is 0.322 e. The zero-order chi connectivity index (χ0) is 24.8. The maximum atomic E-state index is 13.4. The highest BCUT2D eigenvalue weighted by Crippen LogP contribution is 2.23. The molecule has 0 atom stereocenters. The minimum atomic E-state index is -0.357. The van der Waals surface area contributed by atoms with E-state index in [0.717, 1.165) is 16.3 Å². The number of carbonyl (C=O) groups excluding carboxylic acids is 2. The number of urea groups is 1. The van der Waals surface area contributed by atoms with Crippen LogP contribution in [0.4, 0.5) is 14.9 Å². The molecule has 7 heteroatoms. The van der Waals surface area contributed by atoms with Crippen LogP contribution < -0.4 is 5.32 Å². The lowest BCUT2D eigenvalue weighted by Gasteiger charge is -2.30. The summed E-state index contributed by atoms with van der Waals surface area (Å²) in [6.07, 6.45) is 1.55. The Labute approximate surface area is 203 Å². The van der Waals surface area contributed by atoms with Gasteiger partial charge in [-0.15, -0.1) is 0 Å². The Bertz CT molecular complexity index is 1280. The quantitative estimate of drug-likeness (QED) is 0.339. The third-order valence-electron chi connectivity index (χ3n) is 5.79. The first kappa shape index (κ1) is 24.0. The van der Waals surface area contributed by atoms with Gasteiger partial charge in [0.1, 0.15) is 18.1 Å². The first-order valence-corrected chi connectivity index (χ1v) is 11.5. The summed E-state index contributed by atoms with van der Waals surface area (Å²) in [7, 11) is 0. The second-order valence-electron chi connectivity index (χ2n) is 8.63. The Kier molecular flexibility index (Phi) is 7.45. The minimum absolute atomic E-state index is 0.115. The number of hydrogen-bond acceptors (Lipinski definition) is 3. The third kappa shape index (κ3) is 6.06. The van der Waals surface area contributed by atoms with Crippen molar-refractivity contribution in [3.8, 4) is 0 Å². The number of nitrogens with zero attached hydrogens (tertiary/aromatic N) is 2. The molecule has 0 spiro atoms. The van der Waals surface area contributed by atoms with Crippen LogP contribution in [-0.4, -0.2) is 34.3 Å². The maximum absolute atomic E-state index is 13.4. The first-order valence-electron chi connectivity index (χ1n) is 11.5. The summed E-state index contributed by atoms with van der Waals surface area (Å²) in [6, 6.07) is 22.5. The highest BCUT2D eigenvalue weighted by atomic mass is 19.1. The van der Waals surface area contributed by atoms with E-state index in [0.29, 0.717) is 11.4 Å². The van der Waals surface area contributed by atoms with E-state index in [1.54, 1.807) is 35.4 Å². The summed E-state index contributed by atoms with van der Waals surface area (Å²) in [5.41, 5.74) is 1.47. The predicted molar refractivity (Wildman–Crippen MR) is 134 cm³/mol. The molecule has 35 heavy (non-hydrogen) atoms. The molecule has 6 nitrogen and oxygen atoms in total. The van der Waals surface area contributed by atoms with E-state index in [2.05, 4.69) is 5.32 Å². The summed E-state index contributed by atoms with van der Waals surface area (Å²) >= 11 is 0. The van der Waals surface area contributed by atoms with Gasteiger partial charge in [-0.2, -0.15) is 0 Å². The monoisotopic (exact) mass is 473 g/mol. The van der Waals surface area contributed by atoms with Crippen LogP contribution in [0.25, 0.3) is 10.8 Å². The Morgan fingerprint density at radius 2 is 1.66 bits per heavy atom. The maximum Gasteiger partial charge on any atom is 0.322 e. The number of rotatable bonds is 8. The number of carbonyl (C=O) groups is 2. The molecule has 3 amide bonds. The summed E-state index contributed by atoms with van der Waals surface area (Å²) in [5, 5.41) is 4.91. The largest absolute Gasteiger partial charge is 0.467 e. The van der Waals surface area contributed by atoms with Gasteiger partial charge in [-0.25, -0.2) is 9.18 Å². The van der Waals surface area contributed by atoms with Gasteiger partial charge >= 0.3 is 6.03 Å². The molecule has 3 aromatic carbocycles. The number of benzene rings is 3. The van der Waals surface area contributed by atoms with Crippen molar-refractivity contribution in [2.45, 2.75) is 33.0 Å². The number of amides is 3. The van der Waals surface area contributed by atoms with Crippen LogP contribution in [-0.2, 0) is 17.9 Å². The lowest BCUT2D eigenvalue weighted by atomic mass is 10.1. The lowest BCUT2D eigenvalue weighted by molar-refractivity contribution is -0.133. The lowest BCUT2D eigenvalue weighted by Crippen LogP contribution is -2.47. The van der Waals surface area contributed by atoms with E-state index in [1.165, 1.54) is 17.0 Å². The standard InChI is InChI=1S/C28H28FN3O3/c1-20(2)32(28(34)30-26-11-5-8-22-7-3-4-10-25(22)26)19-27(33)31(18-24-9-6-16-35-24)17-21-12-14-23(29)15-13-21/h3-16,20H,17-19H2,1-2H3,(H,30,34). The van der Waals surface area contributed by atoms with Crippen molar-refractivity contribution in [3.05, 3.63) is 102 Å². The number of furan rings is 1. The molecule has 180 valence electrons. The van der Waals surface area contributed by atoms with Crippen molar-refractivity contribution in [3.63, 3.8) is 0 Å². The number of fused-ring (bicyclic) bond motifs is 1. The van der Waals surface area contributed by atoms with Crippen LogP contribution in [0.2, 0.25) is 0 Å². The first-order chi connectivity index (χ1) is 16.9. The van der Waals surface area contributed by atoms with Crippen molar-refractivity contribution in [2.75, 3.05) is 11.9 Å². The average Bonchev–Trinajstić information content (AvgIpc) is 3.36. The van der Waals surface area contributed by atoms with Gasteiger partial charge in [0.05, 0.1) is 18.5 Å². The van der Waals surface area contributed by atoms with Crippen LogP contribution in [0.1, 0.15) is 25.2 Å². The van der Waals surface area contributed by atoms with Crippen LogP contribution in [0.3, 0.4) is 0 Å². The summed E-state index contributed by atoms with van der Waals surface area (Å²) in [4.78, 5) is 29.8. The number of halogens is 1. The van der Waals surface area contributed by atoms with Gasteiger partial charge in [-0.05, 0) is 55.1 Å². The molecule has 0 fully saturated rings. The number of anilines is 1. The molecule has 0 saturated carbocycles. The van der Waals surface area contributed by atoms with E-state index in [4.69, 9.17) is 4.42 Å². The third-order valence-corrected chi connectivity index (χ3v) is 5.79. The molecule has 4 aromatic rings. The van der Waals surface area contributed by atoms with Gasteiger partial charge in [-0.1, -0.05) is 48.5 Å². The molecule has 0 aliphatic carbocycles. The average molecular weight is 474 g/mol. The molecule has 1 N–H and O–H groups in total. The molecule has 0 radical (unpaired) electrons. The van der Waals surface area contributed by atoms with Crippen molar-refractivity contribution in [1.82, 2.24) is 9.80 Å². The highest BCUT2D eigenvalue weighted by molar-refractivity contribution is 6.02. The van der Waals surface area contributed by atoms with E-state index in [-0.39, 0.29) is 43.4 Å². The van der Waals surface area contributed by atoms with E-state index < -0.39 is 0 Å². The zero-order valence-electron chi connectivity index (χ0n) is 19.8. The summed E-state index contributed by atoms with van der Waals surface area (Å²) in [6.45, 7) is 4.12. The zero-order valence-corrected chi connectivity index (χ0v) is 19.8. The molecule has 0 aliphatic heterocycles. The molecular weight excluding hydrogens is 445 g/mol. The van der Waals surface area contributed by atoms with Crippen molar-refractivity contribution >= 4 is 28.4 Å². The molecule has 1 aromatic heterocycles. The summed E-state index contributed by atoms with van der Waals surface area (Å²) in [5.74, 6) is 0.0398. The molecule has 1 heterocycles. The Morgan fingerprint density at radius 3 is 2.37 bits per heavy atom. The Morgan fingerprint density at radius 1 is 0.914 bits per heavy atom. The number of hydrogen-bond donors (Lipinski definition) is 1. The Balaban J connectivity index is 1.52. The minimum Gasteiger partial charge on any atom is -0.467 e. The second-order valence-corrected chi connectivity index (χ2v) is 8.63. The molecule has 0 aliphatic rings. The molecular formula is C28H28FN3O3. The topological polar surface area (TPSA) is 65.8 Å². The fourth-order valence-electron chi connectivity index (χ4n) is 3.89. The van der Waals surface area contributed by atoms with Crippen LogP contribution in [0.5, 0.6) is 0 Å². The molecule has 0 unspecified atom stereocenters. The van der Waals surface area contributed by atoms with Gasteiger partial charge < -0.3 is 19.5 Å². The van der Waals surface area contributed by atoms with E-state index in [9.17, 15) is 14.0 Å². The number of nitrogens with one attached hydrogen (secondary N) is 1. The van der Waals surface area contributed by atoms with Gasteiger partial charge in [0.2, 0.25) is 5.91 Å².